The van der Waals surface area contributed by atoms with Crippen molar-refractivity contribution in [1.29, 1.82) is 0 Å². The molecular formula is C17H32N2O3. The molecule has 0 bridgehead atoms. The Kier molecular flexibility index (Phi) is 6.02. The first kappa shape index (κ1) is 18.9. The zero-order valence-corrected chi connectivity index (χ0v) is 15.2. The summed E-state index contributed by atoms with van der Waals surface area (Å²) in [6, 6.07) is 0.308. The van der Waals surface area contributed by atoms with Crippen molar-refractivity contribution in [2.24, 2.45) is 0 Å². The Labute approximate surface area is 135 Å². The third kappa shape index (κ3) is 5.95. The molecule has 0 aliphatic carbocycles. The summed E-state index contributed by atoms with van der Waals surface area (Å²) in [5.41, 5.74) is -0.571. The average Bonchev–Trinajstić information content (AvgIpc) is 2.32. The summed E-state index contributed by atoms with van der Waals surface area (Å²) in [5.74, 6) is -0.0516. The molecule has 5 heteroatoms. The van der Waals surface area contributed by atoms with E-state index in [4.69, 9.17) is 4.74 Å². The minimum Gasteiger partial charge on any atom is -0.459 e. The fourth-order valence-electron chi connectivity index (χ4n) is 2.92. The van der Waals surface area contributed by atoms with Gasteiger partial charge in [0.2, 0.25) is 5.91 Å². The van der Waals surface area contributed by atoms with Crippen LogP contribution in [-0.2, 0) is 14.3 Å². The van der Waals surface area contributed by atoms with Crippen molar-refractivity contribution >= 4 is 11.9 Å². The zero-order valence-electron chi connectivity index (χ0n) is 15.2. The molecule has 1 amide bonds. The maximum Gasteiger partial charge on any atom is 0.320 e. The summed E-state index contributed by atoms with van der Waals surface area (Å²) in [5, 5.41) is 0. The number of carbonyl (C=O) groups is 2. The molecule has 0 spiro atoms. The Morgan fingerprint density at radius 2 is 1.59 bits per heavy atom. The van der Waals surface area contributed by atoms with Gasteiger partial charge in [0.25, 0.3) is 0 Å². The first-order chi connectivity index (χ1) is 9.90. The van der Waals surface area contributed by atoms with E-state index in [1.807, 2.05) is 25.7 Å². The largest absolute Gasteiger partial charge is 0.459 e. The Morgan fingerprint density at radius 1 is 1.09 bits per heavy atom. The number of piperidine rings is 1. The van der Waals surface area contributed by atoms with Crippen molar-refractivity contribution in [2.75, 3.05) is 19.6 Å². The van der Waals surface area contributed by atoms with Crippen LogP contribution in [0.2, 0.25) is 0 Å². The third-order valence-electron chi connectivity index (χ3n) is 3.93. The second-order valence-electron chi connectivity index (χ2n) is 8.12. The highest BCUT2D eigenvalue weighted by atomic mass is 16.6. The van der Waals surface area contributed by atoms with Gasteiger partial charge in [-0.15, -0.1) is 0 Å². The summed E-state index contributed by atoms with van der Waals surface area (Å²) in [6.07, 6.45) is 1.80. The molecule has 0 radical (unpaired) electrons. The maximum absolute atomic E-state index is 12.2. The molecule has 1 saturated heterocycles. The van der Waals surface area contributed by atoms with E-state index in [2.05, 4.69) is 25.7 Å². The molecule has 1 fully saturated rings. The lowest BCUT2D eigenvalue weighted by molar-refractivity contribution is -0.159. The lowest BCUT2D eigenvalue weighted by Crippen LogP contribution is -2.55. The second kappa shape index (κ2) is 6.99. The predicted octanol–water partition coefficient (Wildman–Crippen LogP) is 2.44. The van der Waals surface area contributed by atoms with Gasteiger partial charge in [-0.2, -0.15) is 0 Å². The smallest absolute Gasteiger partial charge is 0.320 e. The molecule has 0 atom stereocenters. The van der Waals surface area contributed by atoms with Gasteiger partial charge in [0.05, 0.1) is 6.54 Å². The van der Waals surface area contributed by atoms with Crippen LogP contribution in [0.15, 0.2) is 0 Å². The minimum absolute atomic E-state index is 0.111. The molecule has 1 aliphatic rings. The molecule has 0 aromatic rings. The average molecular weight is 312 g/mol. The van der Waals surface area contributed by atoms with Gasteiger partial charge >= 0.3 is 5.97 Å². The van der Waals surface area contributed by atoms with Crippen LogP contribution in [0, 0.1) is 0 Å². The Morgan fingerprint density at radius 3 is 1.95 bits per heavy atom. The molecule has 0 unspecified atom stereocenters. The molecule has 1 aliphatic heterocycles. The number of amides is 1. The number of esters is 1. The summed E-state index contributed by atoms with van der Waals surface area (Å²) < 4.78 is 5.47. The number of carbonyl (C=O) groups excluding carboxylic acids is 2. The van der Waals surface area contributed by atoms with Crippen LogP contribution >= 0.6 is 0 Å². The van der Waals surface area contributed by atoms with E-state index >= 15 is 0 Å². The Bertz CT molecular complexity index is 399. The number of hydrogen-bond acceptors (Lipinski definition) is 4. The normalized spacial score (nSPS) is 17.7. The molecule has 128 valence electrons. The minimum atomic E-state index is -0.460. The number of hydrogen-bond donors (Lipinski definition) is 0. The number of likely N-dealkylation sites (tertiary alicyclic amines) is 1. The van der Waals surface area contributed by atoms with Crippen LogP contribution in [0.4, 0.5) is 0 Å². The summed E-state index contributed by atoms with van der Waals surface area (Å²) in [7, 11) is 0. The first-order valence-electron chi connectivity index (χ1n) is 8.14. The van der Waals surface area contributed by atoms with Crippen molar-refractivity contribution in [3.63, 3.8) is 0 Å². The molecule has 22 heavy (non-hydrogen) atoms. The van der Waals surface area contributed by atoms with E-state index in [1.165, 1.54) is 0 Å². The summed E-state index contributed by atoms with van der Waals surface area (Å²) >= 11 is 0. The van der Waals surface area contributed by atoms with Crippen LogP contribution < -0.4 is 0 Å². The van der Waals surface area contributed by atoms with Crippen LogP contribution in [0.5, 0.6) is 0 Å². The topological polar surface area (TPSA) is 49.9 Å². The van der Waals surface area contributed by atoms with Crippen LogP contribution in [-0.4, -0.2) is 58.5 Å². The molecular weight excluding hydrogens is 280 g/mol. The fraction of sp³-hybridized carbons (Fsp3) is 0.882. The highest BCUT2D eigenvalue weighted by Crippen LogP contribution is 2.25. The van der Waals surface area contributed by atoms with Crippen molar-refractivity contribution < 1.29 is 14.3 Å². The molecule has 1 rings (SSSR count). The van der Waals surface area contributed by atoms with Crippen molar-refractivity contribution in [2.45, 2.75) is 78.5 Å². The van der Waals surface area contributed by atoms with Crippen molar-refractivity contribution in [1.82, 2.24) is 9.80 Å². The number of rotatable bonds is 3. The van der Waals surface area contributed by atoms with Gasteiger partial charge in [0.1, 0.15) is 5.60 Å². The maximum atomic E-state index is 12.2. The second-order valence-corrected chi connectivity index (χ2v) is 8.12. The van der Waals surface area contributed by atoms with Gasteiger partial charge in [-0.25, -0.2) is 0 Å². The van der Waals surface area contributed by atoms with E-state index in [-0.39, 0.29) is 17.4 Å². The van der Waals surface area contributed by atoms with E-state index in [9.17, 15) is 9.59 Å². The molecule has 5 nitrogen and oxygen atoms in total. The standard InChI is InChI=1S/C17H32N2O3/c1-13(20)18-10-8-14(9-11-18)19(16(2,3)4)12-15(21)22-17(5,6)7/h14H,8-12H2,1-7H3. The quantitative estimate of drug-likeness (QED) is 0.751. The summed E-state index contributed by atoms with van der Waals surface area (Å²) in [4.78, 5) is 27.7. The van der Waals surface area contributed by atoms with Gasteiger partial charge in [0, 0.05) is 31.6 Å². The van der Waals surface area contributed by atoms with Gasteiger partial charge in [-0.05, 0) is 54.4 Å². The van der Waals surface area contributed by atoms with Gasteiger partial charge < -0.3 is 9.64 Å². The van der Waals surface area contributed by atoms with E-state index in [0.29, 0.717) is 12.6 Å². The SMILES string of the molecule is CC(=O)N1CCC(N(CC(=O)OC(C)(C)C)C(C)(C)C)CC1. The number of nitrogens with zero attached hydrogens (tertiary/aromatic N) is 2. The Hall–Kier alpha value is -1.10. The molecule has 0 aromatic heterocycles. The van der Waals surface area contributed by atoms with Gasteiger partial charge in [-0.1, -0.05) is 0 Å². The van der Waals surface area contributed by atoms with Crippen molar-refractivity contribution in [3.05, 3.63) is 0 Å². The predicted molar refractivity (Wildman–Crippen MR) is 87.6 cm³/mol. The van der Waals surface area contributed by atoms with Crippen LogP contribution in [0.1, 0.15) is 61.3 Å². The monoisotopic (exact) mass is 312 g/mol. The molecule has 0 aromatic carbocycles. The van der Waals surface area contributed by atoms with Crippen LogP contribution in [0.3, 0.4) is 0 Å². The fourth-order valence-corrected chi connectivity index (χ4v) is 2.92. The summed E-state index contributed by atoms with van der Waals surface area (Å²) in [6.45, 7) is 15.5. The lowest BCUT2D eigenvalue weighted by Gasteiger charge is -2.44. The van der Waals surface area contributed by atoms with E-state index in [0.717, 1.165) is 25.9 Å². The number of ether oxygens (including phenoxy) is 1. The highest BCUT2D eigenvalue weighted by molar-refractivity contribution is 5.73. The van der Waals surface area contributed by atoms with E-state index < -0.39 is 5.60 Å². The lowest BCUT2D eigenvalue weighted by atomic mass is 9.96. The Balaban J connectivity index is 2.71. The van der Waals surface area contributed by atoms with Crippen LogP contribution in [0.25, 0.3) is 0 Å². The van der Waals surface area contributed by atoms with Gasteiger partial charge in [-0.3, -0.25) is 14.5 Å². The zero-order chi connectivity index (χ0) is 17.1. The molecule has 1 heterocycles. The molecule has 0 saturated carbocycles. The first-order valence-corrected chi connectivity index (χ1v) is 8.14. The third-order valence-corrected chi connectivity index (χ3v) is 3.93. The van der Waals surface area contributed by atoms with Gasteiger partial charge in [0.15, 0.2) is 0 Å². The highest BCUT2D eigenvalue weighted by Gasteiger charge is 2.34. The van der Waals surface area contributed by atoms with E-state index in [1.54, 1.807) is 6.92 Å². The molecule has 0 N–H and O–H groups in total. The van der Waals surface area contributed by atoms with Crippen molar-refractivity contribution in [3.8, 4) is 0 Å².